The topological polar surface area (TPSA) is 59.9 Å². The van der Waals surface area contributed by atoms with Crippen LogP contribution in [0.4, 0.5) is 0 Å². The third-order valence-electron chi connectivity index (χ3n) is 3.66. The maximum Gasteiger partial charge on any atom is 0.256 e. The molecule has 120 valence electrons. The predicted octanol–water partition coefficient (Wildman–Crippen LogP) is 4.54. The van der Waals surface area contributed by atoms with Crippen molar-refractivity contribution in [3.63, 3.8) is 0 Å². The van der Waals surface area contributed by atoms with Crippen molar-refractivity contribution in [1.29, 1.82) is 5.26 Å². The van der Waals surface area contributed by atoms with Gasteiger partial charge in [0.1, 0.15) is 0 Å². The van der Waals surface area contributed by atoms with Crippen LogP contribution in [0.1, 0.15) is 21.5 Å². The van der Waals surface area contributed by atoms with Crippen molar-refractivity contribution in [3.05, 3.63) is 69.8 Å². The summed E-state index contributed by atoms with van der Waals surface area (Å²) in [5, 5.41) is 8.84. The van der Waals surface area contributed by atoms with Crippen molar-refractivity contribution in [2.45, 2.75) is 6.54 Å². The number of carbonyl (C=O) groups is 1. The highest BCUT2D eigenvalue weighted by Crippen LogP contribution is 2.33. The first-order chi connectivity index (χ1) is 11.6. The molecule has 6 heteroatoms. The molecule has 1 N–H and O–H groups in total. The maximum atomic E-state index is 12.8. The Morgan fingerprint density at radius 2 is 2.00 bits per heavy atom. The summed E-state index contributed by atoms with van der Waals surface area (Å²) >= 11 is 7.43. The number of rotatable bonds is 4. The third-order valence-corrected chi connectivity index (χ3v) is 4.93. The first kappa shape index (κ1) is 16.3. The predicted molar refractivity (Wildman–Crippen MR) is 96.1 cm³/mol. The SMILES string of the molecule is CN(Cc1ccc(C#N)cc1)C(=O)c1c[nH]cc1-c1ccc(Cl)s1. The highest BCUT2D eigenvalue weighted by Gasteiger charge is 2.19. The fourth-order valence-corrected chi connectivity index (χ4v) is 3.51. The number of nitrogens with one attached hydrogen (secondary N) is 1. The highest BCUT2D eigenvalue weighted by molar-refractivity contribution is 7.19. The number of aromatic amines is 1. The van der Waals surface area contributed by atoms with Crippen molar-refractivity contribution in [3.8, 4) is 16.5 Å². The van der Waals surface area contributed by atoms with E-state index in [4.69, 9.17) is 16.9 Å². The molecule has 0 aliphatic carbocycles. The summed E-state index contributed by atoms with van der Waals surface area (Å²) in [5.41, 5.74) is 3.05. The largest absolute Gasteiger partial charge is 0.366 e. The van der Waals surface area contributed by atoms with Crippen molar-refractivity contribution in [2.75, 3.05) is 7.05 Å². The fourth-order valence-electron chi connectivity index (χ4n) is 2.44. The molecule has 2 aromatic heterocycles. The molecule has 0 radical (unpaired) electrons. The number of amides is 1. The fraction of sp³-hybridized carbons (Fsp3) is 0.111. The van der Waals surface area contributed by atoms with Crippen LogP contribution in [0.25, 0.3) is 10.4 Å². The molecule has 0 unspecified atom stereocenters. The first-order valence-electron chi connectivity index (χ1n) is 7.25. The first-order valence-corrected chi connectivity index (χ1v) is 8.45. The van der Waals surface area contributed by atoms with Crippen LogP contribution in [0.2, 0.25) is 4.34 Å². The van der Waals surface area contributed by atoms with Crippen molar-refractivity contribution in [2.24, 2.45) is 0 Å². The number of hydrogen-bond donors (Lipinski definition) is 1. The Kier molecular flexibility index (Phi) is 4.70. The summed E-state index contributed by atoms with van der Waals surface area (Å²) in [4.78, 5) is 18.4. The van der Waals surface area contributed by atoms with E-state index in [-0.39, 0.29) is 5.91 Å². The minimum absolute atomic E-state index is 0.0693. The van der Waals surface area contributed by atoms with E-state index < -0.39 is 0 Å². The van der Waals surface area contributed by atoms with Gasteiger partial charge in [0.05, 0.1) is 21.5 Å². The molecule has 0 fully saturated rings. The van der Waals surface area contributed by atoms with Crippen LogP contribution >= 0.6 is 22.9 Å². The van der Waals surface area contributed by atoms with E-state index in [1.165, 1.54) is 11.3 Å². The average molecular weight is 356 g/mol. The number of halogens is 1. The van der Waals surface area contributed by atoms with Crippen LogP contribution in [-0.4, -0.2) is 22.8 Å². The van der Waals surface area contributed by atoms with Gasteiger partial charge in [-0.1, -0.05) is 23.7 Å². The number of hydrogen-bond acceptors (Lipinski definition) is 3. The lowest BCUT2D eigenvalue weighted by Crippen LogP contribution is -2.26. The Morgan fingerprint density at radius 3 is 2.62 bits per heavy atom. The number of nitriles is 1. The second-order valence-electron chi connectivity index (χ2n) is 5.36. The van der Waals surface area contributed by atoms with Crippen LogP contribution in [-0.2, 0) is 6.54 Å². The van der Waals surface area contributed by atoms with E-state index >= 15 is 0 Å². The lowest BCUT2D eigenvalue weighted by molar-refractivity contribution is 0.0786. The van der Waals surface area contributed by atoms with Crippen molar-refractivity contribution >= 4 is 28.8 Å². The normalized spacial score (nSPS) is 10.4. The zero-order valence-electron chi connectivity index (χ0n) is 12.9. The van der Waals surface area contributed by atoms with Crippen LogP contribution in [0.5, 0.6) is 0 Å². The summed E-state index contributed by atoms with van der Waals surface area (Å²) in [7, 11) is 1.76. The molecule has 0 saturated carbocycles. The maximum absolute atomic E-state index is 12.8. The second-order valence-corrected chi connectivity index (χ2v) is 7.07. The Morgan fingerprint density at radius 1 is 1.25 bits per heavy atom. The van der Waals surface area contributed by atoms with E-state index in [9.17, 15) is 4.79 Å². The number of carbonyl (C=O) groups excluding carboxylic acids is 1. The number of nitrogens with zero attached hydrogens (tertiary/aromatic N) is 2. The highest BCUT2D eigenvalue weighted by atomic mass is 35.5. The molecule has 0 atom stereocenters. The Hall–Kier alpha value is -2.55. The number of aromatic nitrogens is 1. The average Bonchev–Trinajstić information content (AvgIpc) is 3.23. The molecule has 3 aromatic rings. The summed E-state index contributed by atoms with van der Waals surface area (Å²) in [6, 6.07) is 13.0. The molecule has 4 nitrogen and oxygen atoms in total. The zero-order chi connectivity index (χ0) is 17.1. The Bertz CT molecular complexity index is 905. The number of H-pyrrole nitrogens is 1. The monoisotopic (exact) mass is 355 g/mol. The molecule has 1 amide bonds. The van der Waals surface area contributed by atoms with E-state index in [0.29, 0.717) is 22.0 Å². The molecule has 2 heterocycles. The van der Waals surface area contributed by atoms with Gasteiger partial charge in [0.25, 0.3) is 5.91 Å². The smallest absolute Gasteiger partial charge is 0.256 e. The second kappa shape index (κ2) is 6.91. The molecule has 0 aliphatic heterocycles. The molecule has 0 saturated heterocycles. The van der Waals surface area contributed by atoms with Crippen molar-refractivity contribution in [1.82, 2.24) is 9.88 Å². The molecule has 24 heavy (non-hydrogen) atoms. The van der Waals surface area contributed by atoms with Gasteiger partial charge in [-0.05, 0) is 29.8 Å². The summed E-state index contributed by atoms with van der Waals surface area (Å²) in [6.07, 6.45) is 3.52. The minimum atomic E-state index is -0.0693. The van der Waals surface area contributed by atoms with Crippen LogP contribution in [0.3, 0.4) is 0 Å². The summed E-state index contributed by atoms with van der Waals surface area (Å²) in [6.45, 7) is 0.473. The van der Waals surface area contributed by atoms with Gasteiger partial charge in [-0.25, -0.2) is 0 Å². The molecule has 3 rings (SSSR count). The van der Waals surface area contributed by atoms with Gasteiger partial charge in [0.15, 0.2) is 0 Å². The standard InChI is InChI=1S/C18H14ClN3OS/c1-22(11-13-4-2-12(8-20)3-5-13)18(23)15-10-21-9-14(15)16-6-7-17(19)24-16/h2-7,9-10,21H,11H2,1H3. The number of benzene rings is 1. The van der Waals surface area contributed by atoms with Gasteiger partial charge in [0, 0.05) is 36.4 Å². The zero-order valence-corrected chi connectivity index (χ0v) is 14.5. The van der Waals surface area contributed by atoms with Gasteiger partial charge in [-0.15, -0.1) is 11.3 Å². The van der Waals surface area contributed by atoms with E-state index in [1.807, 2.05) is 30.5 Å². The minimum Gasteiger partial charge on any atom is -0.366 e. The van der Waals surface area contributed by atoms with Crippen LogP contribution in [0.15, 0.2) is 48.8 Å². The lowest BCUT2D eigenvalue weighted by Gasteiger charge is -2.17. The van der Waals surface area contributed by atoms with Gasteiger partial charge < -0.3 is 9.88 Å². The van der Waals surface area contributed by atoms with Gasteiger partial charge in [-0.2, -0.15) is 5.26 Å². The molecule has 0 aliphatic rings. The molecule has 0 spiro atoms. The summed E-state index contributed by atoms with van der Waals surface area (Å²) in [5.74, 6) is -0.0693. The molecule has 0 bridgehead atoms. The number of thiophene rings is 1. The quantitative estimate of drug-likeness (QED) is 0.746. The summed E-state index contributed by atoms with van der Waals surface area (Å²) < 4.78 is 0.690. The van der Waals surface area contributed by atoms with E-state index in [0.717, 1.165) is 16.0 Å². The Labute approximate surface area is 148 Å². The van der Waals surface area contributed by atoms with E-state index in [1.54, 1.807) is 30.3 Å². The third kappa shape index (κ3) is 3.35. The molecular weight excluding hydrogens is 342 g/mol. The molecule has 1 aromatic carbocycles. The van der Waals surface area contributed by atoms with Crippen LogP contribution < -0.4 is 0 Å². The van der Waals surface area contributed by atoms with Gasteiger partial charge in [-0.3, -0.25) is 4.79 Å². The van der Waals surface area contributed by atoms with Crippen LogP contribution in [0, 0.1) is 11.3 Å². The van der Waals surface area contributed by atoms with Gasteiger partial charge >= 0.3 is 0 Å². The Balaban J connectivity index is 1.79. The van der Waals surface area contributed by atoms with Gasteiger partial charge in [0.2, 0.25) is 0 Å². The molecular formula is C18H14ClN3OS. The lowest BCUT2D eigenvalue weighted by atomic mass is 10.1. The van der Waals surface area contributed by atoms with E-state index in [2.05, 4.69) is 11.1 Å². The van der Waals surface area contributed by atoms with Crippen molar-refractivity contribution < 1.29 is 4.79 Å².